The second kappa shape index (κ2) is 12.2. The van der Waals surface area contributed by atoms with Crippen LogP contribution in [0, 0.1) is 0 Å². The van der Waals surface area contributed by atoms with Gasteiger partial charge >= 0.3 is 0 Å². The lowest BCUT2D eigenvalue weighted by Crippen LogP contribution is -2.37. The molecule has 0 saturated heterocycles. The van der Waals surface area contributed by atoms with Crippen LogP contribution in [0.2, 0.25) is 0 Å². The molecule has 0 bridgehead atoms. The largest absolute Gasteiger partial charge is 0.497 e. The molecule has 0 fully saturated rings. The third-order valence-corrected chi connectivity index (χ3v) is 7.17. The van der Waals surface area contributed by atoms with Crippen LogP contribution in [0.1, 0.15) is 22.3 Å². The highest BCUT2D eigenvalue weighted by molar-refractivity contribution is 6.07. The number of aromatic nitrogens is 2. The number of nitrogens with one attached hydrogen (secondary N) is 2. The van der Waals surface area contributed by atoms with Crippen LogP contribution in [0.25, 0.3) is 33.1 Å². The summed E-state index contributed by atoms with van der Waals surface area (Å²) in [6.07, 6.45) is 2.91. The van der Waals surface area contributed by atoms with Gasteiger partial charge in [-0.25, -0.2) is 4.98 Å². The van der Waals surface area contributed by atoms with Crippen molar-refractivity contribution >= 4 is 27.7 Å². The number of aromatic amines is 1. The van der Waals surface area contributed by atoms with Gasteiger partial charge < -0.3 is 34.4 Å². The quantitative estimate of drug-likeness (QED) is 0.207. The number of hydrogen-bond donors (Lipinski definition) is 3. The van der Waals surface area contributed by atoms with Crippen LogP contribution < -0.4 is 24.3 Å². The van der Waals surface area contributed by atoms with Crippen LogP contribution in [0.4, 0.5) is 0 Å². The Morgan fingerprint density at radius 2 is 1.68 bits per heavy atom. The van der Waals surface area contributed by atoms with Crippen LogP contribution in [0.15, 0.2) is 66.9 Å². The number of carbonyl (C=O) groups is 1. The molecule has 2 heterocycles. The third-order valence-electron chi connectivity index (χ3n) is 7.17. The Morgan fingerprint density at radius 3 is 2.37 bits per heavy atom. The lowest BCUT2D eigenvalue weighted by atomic mass is 10.00. The molecular formula is C32H33N3O6. The van der Waals surface area contributed by atoms with Gasteiger partial charge in [-0.15, -0.1) is 0 Å². The summed E-state index contributed by atoms with van der Waals surface area (Å²) in [4.78, 5) is 22.1. The molecule has 0 aliphatic rings. The van der Waals surface area contributed by atoms with Gasteiger partial charge in [-0.05, 0) is 60.9 Å². The highest BCUT2D eigenvalue weighted by Gasteiger charge is 2.21. The van der Waals surface area contributed by atoms with Gasteiger partial charge in [0.05, 0.1) is 45.2 Å². The van der Waals surface area contributed by atoms with Crippen molar-refractivity contribution in [3.05, 3.63) is 78.0 Å². The zero-order chi connectivity index (χ0) is 28.9. The summed E-state index contributed by atoms with van der Waals surface area (Å²) in [7, 11) is 6.23. The molecule has 0 aliphatic heterocycles. The summed E-state index contributed by atoms with van der Waals surface area (Å²) in [6, 6.07) is 18.5. The zero-order valence-electron chi connectivity index (χ0n) is 23.5. The molecule has 0 spiro atoms. The van der Waals surface area contributed by atoms with Crippen LogP contribution in [-0.2, 0) is 6.42 Å². The maximum absolute atomic E-state index is 13.9. The van der Waals surface area contributed by atoms with E-state index in [4.69, 9.17) is 23.9 Å². The number of amides is 1. The molecule has 3 N–H and O–H groups in total. The van der Waals surface area contributed by atoms with Crippen LogP contribution in [0.5, 0.6) is 23.0 Å². The first-order valence-corrected chi connectivity index (χ1v) is 13.3. The number of fused-ring (bicyclic) bond motifs is 2. The molecule has 0 unspecified atom stereocenters. The lowest BCUT2D eigenvalue weighted by molar-refractivity contribution is 0.0932. The predicted octanol–water partition coefficient (Wildman–Crippen LogP) is 5.14. The molecule has 1 amide bonds. The Balaban J connectivity index is 1.56. The van der Waals surface area contributed by atoms with Gasteiger partial charge in [-0.3, -0.25) is 4.79 Å². The van der Waals surface area contributed by atoms with Gasteiger partial charge in [0.1, 0.15) is 5.75 Å². The summed E-state index contributed by atoms with van der Waals surface area (Å²) in [5.74, 6) is 1.75. The molecule has 1 atom stereocenters. The van der Waals surface area contributed by atoms with E-state index < -0.39 is 0 Å². The number of aliphatic hydroxyl groups is 1. The van der Waals surface area contributed by atoms with Crippen molar-refractivity contribution < 1.29 is 28.8 Å². The first kappa shape index (κ1) is 27.8. The number of methoxy groups -OCH3 is 4. The number of rotatable bonds is 11. The van der Waals surface area contributed by atoms with E-state index in [9.17, 15) is 9.90 Å². The van der Waals surface area contributed by atoms with Crippen molar-refractivity contribution in [3.8, 4) is 34.3 Å². The van der Waals surface area contributed by atoms with E-state index in [0.717, 1.165) is 16.5 Å². The van der Waals surface area contributed by atoms with Gasteiger partial charge in [-0.1, -0.05) is 18.2 Å². The second-order valence-corrected chi connectivity index (χ2v) is 9.60. The zero-order valence-corrected chi connectivity index (χ0v) is 23.5. The summed E-state index contributed by atoms with van der Waals surface area (Å²) < 4.78 is 22.0. The molecule has 3 aromatic carbocycles. The van der Waals surface area contributed by atoms with Crippen molar-refractivity contribution in [3.63, 3.8) is 0 Å². The minimum Gasteiger partial charge on any atom is -0.497 e. The average molecular weight is 556 g/mol. The smallest absolute Gasteiger partial charge is 0.252 e. The van der Waals surface area contributed by atoms with E-state index >= 15 is 0 Å². The highest BCUT2D eigenvalue weighted by atomic mass is 16.5. The number of benzene rings is 3. The minimum atomic E-state index is -0.301. The topological polar surface area (TPSA) is 115 Å². The molecule has 5 aromatic rings. The second-order valence-electron chi connectivity index (χ2n) is 9.60. The Bertz CT molecular complexity index is 1670. The van der Waals surface area contributed by atoms with E-state index in [1.807, 2.05) is 42.6 Å². The van der Waals surface area contributed by atoms with Gasteiger partial charge in [0.15, 0.2) is 11.5 Å². The first-order valence-electron chi connectivity index (χ1n) is 13.3. The number of aliphatic hydroxyl groups excluding tert-OH is 1. The number of ether oxygens (including phenoxy) is 4. The van der Waals surface area contributed by atoms with E-state index in [2.05, 4.69) is 10.3 Å². The number of nitrogens with zero attached hydrogens (tertiary/aromatic N) is 1. The Morgan fingerprint density at radius 1 is 0.927 bits per heavy atom. The normalized spacial score (nSPS) is 11.8. The Labute approximate surface area is 238 Å². The standard InChI is InChI=1S/C32H33N3O6/c1-38-22-9-10-27-24(16-22)25(17-28(35-27)19-14-29(39-2)31(41-4)30(15-19)40-3)32(37)34-21(11-12-36)13-20-18-33-26-8-6-5-7-23(20)26/h5-10,14-18,21,33,36H,11-13H2,1-4H3,(H,34,37)/t21-/m1/s1. The molecule has 0 aliphatic carbocycles. The monoisotopic (exact) mass is 555 g/mol. The molecule has 5 rings (SSSR count). The molecule has 41 heavy (non-hydrogen) atoms. The number of carbonyl (C=O) groups excluding carboxylic acids is 1. The van der Waals surface area contributed by atoms with Crippen molar-refractivity contribution in [1.82, 2.24) is 15.3 Å². The van der Waals surface area contributed by atoms with Crippen LogP contribution in [-0.4, -0.2) is 62.1 Å². The SMILES string of the molecule is COc1ccc2nc(-c3cc(OC)c(OC)c(OC)c3)cc(C(=O)N[C@H](CCO)Cc3c[nH]c4ccccc34)c2c1. The van der Waals surface area contributed by atoms with Gasteiger partial charge in [0.2, 0.25) is 5.75 Å². The molecule has 9 heteroatoms. The van der Waals surface area contributed by atoms with Crippen LogP contribution in [0.3, 0.4) is 0 Å². The fourth-order valence-electron chi connectivity index (χ4n) is 5.11. The lowest BCUT2D eigenvalue weighted by Gasteiger charge is -2.19. The van der Waals surface area contributed by atoms with E-state index in [1.54, 1.807) is 52.7 Å². The van der Waals surface area contributed by atoms with Crippen molar-refractivity contribution in [1.29, 1.82) is 0 Å². The fraction of sp³-hybridized carbons (Fsp3) is 0.250. The van der Waals surface area contributed by atoms with E-state index in [1.165, 1.54) is 0 Å². The van der Waals surface area contributed by atoms with Crippen molar-refractivity contribution in [2.24, 2.45) is 0 Å². The molecular weight excluding hydrogens is 522 g/mol. The van der Waals surface area contributed by atoms with Gasteiger partial charge in [0.25, 0.3) is 5.91 Å². The van der Waals surface area contributed by atoms with Crippen LogP contribution >= 0.6 is 0 Å². The molecule has 9 nitrogen and oxygen atoms in total. The Hall–Kier alpha value is -4.76. The summed E-state index contributed by atoms with van der Waals surface area (Å²) in [6.45, 7) is -0.0606. The van der Waals surface area contributed by atoms with E-state index in [0.29, 0.717) is 63.6 Å². The summed E-state index contributed by atoms with van der Waals surface area (Å²) in [5.41, 5.74) is 4.40. The molecule has 2 aromatic heterocycles. The minimum absolute atomic E-state index is 0.0606. The van der Waals surface area contributed by atoms with Gasteiger partial charge in [-0.2, -0.15) is 0 Å². The highest BCUT2D eigenvalue weighted by Crippen LogP contribution is 2.41. The molecule has 212 valence electrons. The number of hydrogen-bond acceptors (Lipinski definition) is 7. The third kappa shape index (κ3) is 5.62. The maximum Gasteiger partial charge on any atom is 0.252 e. The summed E-state index contributed by atoms with van der Waals surface area (Å²) >= 11 is 0. The van der Waals surface area contributed by atoms with Crippen molar-refractivity contribution in [2.45, 2.75) is 18.9 Å². The fourth-order valence-corrected chi connectivity index (χ4v) is 5.11. The maximum atomic E-state index is 13.9. The average Bonchev–Trinajstić information content (AvgIpc) is 3.41. The van der Waals surface area contributed by atoms with Gasteiger partial charge in [0, 0.05) is 40.7 Å². The number of pyridine rings is 1. The Kier molecular flexibility index (Phi) is 8.26. The number of para-hydroxylation sites is 1. The first-order chi connectivity index (χ1) is 20.0. The van der Waals surface area contributed by atoms with E-state index in [-0.39, 0.29) is 18.6 Å². The molecule has 0 radical (unpaired) electrons. The summed E-state index contributed by atoms with van der Waals surface area (Å²) in [5, 5.41) is 14.7. The predicted molar refractivity (Wildman–Crippen MR) is 158 cm³/mol. The van der Waals surface area contributed by atoms with Crippen molar-refractivity contribution in [2.75, 3.05) is 35.0 Å². The number of H-pyrrole nitrogens is 1. The molecule has 0 saturated carbocycles.